The summed E-state index contributed by atoms with van der Waals surface area (Å²) in [4.78, 5) is 3.72. The average molecular weight is 280 g/mol. The van der Waals surface area contributed by atoms with Crippen LogP contribution in [-0.4, -0.2) is 39.8 Å². The van der Waals surface area contributed by atoms with Crippen molar-refractivity contribution in [2.24, 2.45) is 17.8 Å². The Morgan fingerprint density at radius 2 is 1.25 bits per heavy atom. The lowest BCUT2D eigenvalue weighted by Crippen LogP contribution is -3.13. The smallest absolute Gasteiger partial charge is 0.0799 e. The van der Waals surface area contributed by atoms with Crippen LogP contribution in [-0.2, 0) is 0 Å². The number of piperidine rings is 2. The minimum atomic E-state index is 1.07. The van der Waals surface area contributed by atoms with Crippen LogP contribution in [0, 0.1) is 17.8 Å². The van der Waals surface area contributed by atoms with Gasteiger partial charge in [-0.2, -0.15) is 0 Å². The molecule has 0 aromatic heterocycles. The van der Waals surface area contributed by atoms with E-state index >= 15 is 0 Å². The van der Waals surface area contributed by atoms with Gasteiger partial charge in [0.15, 0.2) is 0 Å². The van der Waals surface area contributed by atoms with Crippen LogP contribution in [0.25, 0.3) is 0 Å². The fourth-order valence-electron chi connectivity index (χ4n) is 5.13. The summed E-state index contributed by atoms with van der Waals surface area (Å²) in [5.41, 5.74) is 0. The predicted octanol–water partition coefficient (Wildman–Crippen LogP) is 0.786. The largest absolute Gasteiger partial charge is 0.337 e. The Kier molecular flexibility index (Phi) is 5.39. The van der Waals surface area contributed by atoms with Crippen LogP contribution < -0.4 is 9.80 Å². The van der Waals surface area contributed by atoms with Gasteiger partial charge in [-0.25, -0.2) is 0 Å². The van der Waals surface area contributed by atoms with Crippen molar-refractivity contribution in [1.82, 2.24) is 0 Å². The van der Waals surface area contributed by atoms with Gasteiger partial charge in [-0.15, -0.1) is 0 Å². The quantitative estimate of drug-likeness (QED) is 0.756. The first-order chi connectivity index (χ1) is 9.81. The van der Waals surface area contributed by atoms with Gasteiger partial charge >= 0.3 is 0 Å². The molecule has 0 unspecified atom stereocenters. The zero-order valence-corrected chi connectivity index (χ0v) is 13.6. The Morgan fingerprint density at radius 1 is 0.700 bits per heavy atom. The highest BCUT2D eigenvalue weighted by Crippen LogP contribution is 2.27. The molecule has 116 valence electrons. The van der Waals surface area contributed by atoms with E-state index in [9.17, 15) is 0 Å². The van der Waals surface area contributed by atoms with Crippen LogP contribution in [0.2, 0.25) is 0 Å². The molecule has 0 aromatic carbocycles. The molecule has 2 aliphatic heterocycles. The lowest BCUT2D eigenvalue weighted by molar-refractivity contribution is -0.910. The molecule has 3 fully saturated rings. The number of quaternary nitrogens is 2. The lowest BCUT2D eigenvalue weighted by Gasteiger charge is -2.37. The van der Waals surface area contributed by atoms with E-state index in [0.717, 1.165) is 17.8 Å². The molecule has 2 nitrogen and oxygen atoms in total. The monoisotopic (exact) mass is 280 g/mol. The number of nitrogens with one attached hydrogen (secondary N) is 2. The summed E-state index contributed by atoms with van der Waals surface area (Å²) in [6, 6.07) is 0. The SMILES string of the molecule is C[NH+]1CCC(C2CC[NH+](CC3CCCCC3)CC2)CC1. The molecule has 20 heavy (non-hydrogen) atoms. The van der Waals surface area contributed by atoms with Crippen molar-refractivity contribution >= 4 is 0 Å². The minimum Gasteiger partial charge on any atom is -0.337 e. The van der Waals surface area contributed by atoms with Crippen molar-refractivity contribution in [2.45, 2.75) is 57.8 Å². The number of hydrogen-bond acceptors (Lipinski definition) is 0. The molecule has 1 saturated carbocycles. The van der Waals surface area contributed by atoms with Crippen LogP contribution >= 0.6 is 0 Å². The molecule has 2 heterocycles. The molecule has 3 aliphatic rings. The molecule has 0 amide bonds. The summed E-state index contributed by atoms with van der Waals surface area (Å²) < 4.78 is 0. The molecule has 2 heteroatoms. The summed E-state index contributed by atoms with van der Waals surface area (Å²) in [6.07, 6.45) is 13.7. The standard InChI is InChI=1S/C18H34N2/c1-19-11-7-17(8-12-19)18-9-13-20(14-10-18)15-16-5-3-2-4-6-16/h16-18H,2-15H2,1H3/p+2. The van der Waals surface area contributed by atoms with E-state index < -0.39 is 0 Å². The van der Waals surface area contributed by atoms with Crippen LogP contribution in [0.3, 0.4) is 0 Å². The number of likely N-dealkylation sites (tertiary alicyclic amines) is 2. The maximum Gasteiger partial charge on any atom is 0.0799 e. The fourth-order valence-corrected chi connectivity index (χ4v) is 5.13. The van der Waals surface area contributed by atoms with E-state index in [2.05, 4.69) is 7.05 Å². The van der Waals surface area contributed by atoms with E-state index in [-0.39, 0.29) is 0 Å². The maximum atomic E-state index is 2.37. The van der Waals surface area contributed by atoms with Crippen molar-refractivity contribution in [3.8, 4) is 0 Å². The van der Waals surface area contributed by atoms with Gasteiger partial charge in [0, 0.05) is 5.92 Å². The highest BCUT2D eigenvalue weighted by molar-refractivity contribution is 4.74. The maximum absolute atomic E-state index is 2.37. The molecule has 0 aromatic rings. The van der Waals surface area contributed by atoms with E-state index in [1.807, 2.05) is 4.90 Å². The van der Waals surface area contributed by atoms with Crippen LogP contribution in [0.4, 0.5) is 0 Å². The highest BCUT2D eigenvalue weighted by atomic mass is 15.1. The molecule has 0 spiro atoms. The second kappa shape index (κ2) is 7.26. The van der Waals surface area contributed by atoms with E-state index in [4.69, 9.17) is 0 Å². The third-order valence-electron chi connectivity index (χ3n) is 6.59. The zero-order valence-electron chi connectivity index (χ0n) is 13.6. The predicted molar refractivity (Wildman–Crippen MR) is 84.2 cm³/mol. The summed E-state index contributed by atoms with van der Waals surface area (Å²) in [5, 5.41) is 0. The van der Waals surface area contributed by atoms with Gasteiger partial charge < -0.3 is 9.80 Å². The summed E-state index contributed by atoms with van der Waals surface area (Å²) >= 11 is 0. The molecular formula is C18H36N2+2. The van der Waals surface area contributed by atoms with Crippen molar-refractivity contribution in [2.75, 3.05) is 39.8 Å². The van der Waals surface area contributed by atoms with Gasteiger partial charge in [0.1, 0.15) is 0 Å². The van der Waals surface area contributed by atoms with Crippen molar-refractivity contribution < 1.29 is 9.80 Å². The first kappa shape index (κ1) is 14.8. The second-order valence-corrected chi connectivity index (χ2v) is 8.09. The van der Waals surface area contributed by atoms with Gasteiger partial charge in [0.2, 0.25) is 0 Å². The van der Waals surface area contributed by atoms with Gasteiger partial charge in [-0.1, -0.05) is 19.3 Å². The van der Waals surface area contributed by atoms with Crippen LogP contribution in [0.5, 0.6) is 0 Å². The van der Waals surface area contributed by atoms with E-state index in [0.29, 0.717) is 0 Å². The Balaban J connectivity index is 1.38. The number of rotatable bonds is 3. The van der Waals surface area contributed by atoms with E-state index in [1.54, 1.807) is 4.90 Å². The Hall–Kier alpha value is -0.0800. The normalized spacial score (nSPS) is 40.6. The molecule has 2 saturated heterocycles. The average Bonchev–Trinajstić information content (AvgIpc) is 2.50. The summed E-state index contributed by atoms with van der Waals surface area (Å²) in [6.45, 7) is 7.34. The molecule has 2 N–H and O–H groups in total. The molecule has 1 aliphatic carbocycles. The molecule has 3 rings (SSSR count). The Labute approximate surface area is 125 Å². The highest BCUT2D eigenvalue weighted by Gasteiger charge is 2.32. The summed E-state index contributed by atoms with van der Waals surface area (Å²) in [7, 11) is 2.37. The van der Waals surface area contributed by atoms with Gasteiger partial charge in [-0.3, -0.25) is 0 Å². The first-order valence-electron chi connectivity index (χ1n) is 9.46. The fraction of sp³-hybridized carbons (Fsp3) is 1.00. The third-order valence-corrected chi connectivity index (χ3v) is 6.59. The third kappa shape index (κ3) is 3.98. The van der Waals surface area contributed by atoms with Crippen LogP contribution in [0.15, 0.2) is 0 Å². The Morgan fingerprint density at radius 3 is 1.85 bits per heavy atom. The van der Waals surface area contributed by atoms with E-state index in [1.165, 1.54) is 90.5 Å². The van der Waals surface area contributed by atoms with Crippen molar-refractivity contribution in [1.29, 1.82) is 0 Å². The molecule has 0 radical (unpaired) electrons. The lowest BCUT2D eigenvalue weighted by atomic mass is 9.78. The van der Waals surface area contributed by atoms with Crippen molar-refractivity contribution in [3.05, 3.63) is 0 Å². The van der Waals surface area contributed by atoms with Gasteiger partial charge in [0.25, 0.3) is 0 Å². The molecule has 0 atom stereocenters. The van der Waals surface area contributed by atoms with Crippen molar-refractivity contribution in [3.63, 3.8) is 0 Å². The van der Waals surface area contributed by atoms with Crippen LogP contribution in [0.1, 0.15) is 57.8 Å². The topological polar surface area (TPSA) is 8.88 Å². The molecular weight excluding hydrogens is 244 g/mol. The number of hydrogen-bond donors (Lipinski definition) is 2. The molecule has 0 bridgehead atoms. The van der Waals surface area contributed by atoms with Gasteiger partial charge in [0.05, 0.1) is 39.8 Å². The summed E-state index contributed by atoms with van der Waals surface area (Å²) in [5.74, 6) is 3.23. The first-order valence-corrected chi connectivity index (χ1v) is 9.46. The Bertz CT molecular complexity index is 269. The second-order valence-electron chi connectivity index (χ2n) is 8.09. The zero-order chi connectivity index (χ0) is 13.8. The minimum absolute atomic E-state index is 1.07. The van der Waals surface area contributed by atoms with Gasteiger partial charge in [-0.05, 0) is 50.4 Å².